The van der Waals surface area contributed by atoms with Gasteiger partial charge in [-0.15, -0.1) is 0 Å². The Balaban J connectivity index is 0.00000280. The molecule has 1 N–H and O–H groups in total. The van der Waals surface area contributed by atoms with Crippen LogP contribution >= 0.6 is 0 Å². The Kier molecular flexibility index (Phi) is 6.51. The minimum atomic E-state index is -4.49. The molecule has 0 radical (unpaired) electrons. The molecule has 11 heteroatoms. The van der Waals surface area contributed by atoms with Crippen molar-refractivity contribution >= 4 is 32.3 Å². The second-order valence-corrected chi connectivity index (χ2v) is 6.94. The Labute approximate surface area is 179 Å². The molecule has 0 unspecified atom stereocenters. The van der Waals surface area contributed by atoms with Gasteiger partial charge in [-0.05, 0) is 41.8 Å². The van der Waals surface area contributed by atoms with Crippen LogP contribution in [0, 0.1) is 0 Å². The smallest absolute Gasteiger partial charge is 0.871 e. The third-order valence-electron chi connectivity index (χ3n) is 3.69. The van der Waals surface area contributed by atoms with Gasteiger partial charge in [-0.1, -0.05) is 23.9 Å². The number of nitrogens with zero attached hydrogens (tertiary/aromatic N) is 2. The summed E-state index contributed by atoms with van der Waals surface area (Å²) < 4.78 is 69.5. The van der Waals surface area contributed by atoms with Gasteiger partial charge < -0.3 is 5.11 Å². The molecule has 0 aliphatic carbocycles. The van der Waals surface area contributed by atoms with Crippen molar-refractivity contribution in [1.29, 1.82) is 0 Å². The van der Waals surface area contributed by atoms with Crippen LogP contribution in [0.5, 0.6) is 5.75 Å². The van der Waals surface area contributed by atoms with E-state index in [4.69, 9.17) is 4.55 Å². The summed E-state index contributed by atoms with van der Waals surface area (Å²) in [5.74, 6) is -0.564. The summed E-state index contributed by atoms with van der Waals surface area (Å²) in [5.41, 5.74) is -0.975. The van der Waals surface area contributed by atoms with Crippen molar-refractivity contribution in [2.75, 3.05) is 0 Å². The Morgan fingerprint density at radius 1 is 0.929 bits per heavy atom. The van der Waals surface area contributed by atoms with Crippen molar-refractivity contribution < 1.29 is 60.8 Å². The summed E-state index contributed by atoms with van der Waals surface area (Å²) in [4.78, 5) is -0.424. The Morgan fingerprint density at radius 2 is 1.54 bits per heavy atom. The predicted molar refractivity (Wildman–Crippen MR) is 88.8 cm³/mol. The summed E-state index contributed by atoms with van der Waals surface area (Å²) in [6.45, 7) is 0. The third kappa shape index (κ3) is 4.89. The predicted octanol–water partition coefficient (Wildman–Crippen LogP) is 1.60. The van der Waals surface area contributed by atoms with Crippen LogP contribution in [0.4, 0.5) is 24.5 Å². The number of hydrogen-bond acceptors (Lipinski definition) is 5. The van der Waals surface area contributed by atoms with Gasteiger partial charge in [0.25, 0.3) is 10.1 Å². The maximum Gasteiger partial charge on any atom is 1.00 e. The molecule has 6 nitrogen and oxygen atoms in total. The van der Waals surface area contributed by atoms with E-state index in [0.717, 1.165) is 30.3 Å². The molecular formula is C17H10F3N2NaO4S. The van der Waals surface area contributed by atoms with Gasteiger partial charge in [0, 0.05) is 5.39 Å². The van der Waals surface area contributed by atoms with Crippen molar-refractivity contribution in [1.82, 2.24) is 0 Å². The van der Waals surface area contributed by atoms with Gasteiger partial charge in [0.2, 0.25) is 0 Å². The summed E-state index contributed by atoms with van der Waals surface area (Å²) >= 11 is 0. The van der Waals surface area contributed by atoms with Gasteiger partial charge in [0.1, 0.15) is 0 Å². The summed E-state index contributed by atoms with van der Waals surface area (Å²) in [6.07, 6.45) is -4.49. The monoisotopic (exact) mass is 418 g/mol. The first-order valence-electron chi connectivity index (χ1n) is 7.36. The fourth-order valence-corrected chi connectivity index (χ4v) is 2.86. The van der Waals surface area contributed by atoms with Crippen LogP contribution in [0.15, 0.2) is 69.7 Å². The summed E-state index contributed by atoms with van der Waals surface area (Å²) in [6, 6.07) is 10.1. The van der Waals surface area contributed by atoms with E-state index in [1.165, 1.54) is 24.3 Å². The molecule has 0 aliphatic rings. The first-order valence-corrected chi connectivity index (χ1v) is 8.80. The van der Waals surface area contributed by atoms with Crippen LogP contribution in [0.3, 0.4) is 0 Å². The molecule has 0 saturated carbocycles. The number of hydrogen-bond donors (Lipinski definition) is 1. The largest absolute Gasteiger partial charge is 1.00 e. The van der Waals surface area contributed by atoms with Crippen molar-refractivity contribution in [2.24, 2.45) is 10.2 Å². The van der Waals surface area contributed by atoms with Gasteiger partial charge in [0.05, 0.1) is 21.8 Å². The molecule has 0 saturated heterocycles. The molecule has 140 valence electrons. The molecule has 0 amide bonds. The molecule has 28 heavy (non-hydrogen) atoms. The van der Waals surface area contributed by atoms with Crippen LogP contribution < -0.4 is 34.7 Å². The van der Waals surface area contributed by atoms with Crippen molar-refractivity contribution in [3.63, 3.8) is 0 Å². The summed E-state index contributed by atoms with van der Waals surface area (Å²) in [5, 5.41) is 20.2. The average molecular weight is 418 g/mol. The van der Waals surface area contributed by atoms with Crippen LogP contribution in [-0.4, -0.2) is 13.0 Å². The zero-order valence-electron chi connectivity index (χ0n) is 14.3. The number of alkyl halides is 3. The zero-order chi connectivity index (χ0) is 19.8. The minimum Gasteiger partial charge on any atom is -0.871 e. The number of rotatable bonds is 3. The molecule has 3 rings (SSSR count). The molecular weight excluding hydrogens is 408 g/mol. The average Bonchev–Trinajstić information content (AvgIpc) is 2.59. The minimum absolute atomic E-state index is 0. The van der Waals surface area contributed by atoms with E-state index in [9.17, 15) is 26.7 Å². The molecule has 3 aromatic carbocycles. The fraction of sp³-hybridized carbons (Fsp3) is 0.0588. The SMILES string of the molecule is O=S(=O)(O)c1ccc2ccc([O-])c(N=Nc3ccc(C(F)(F)F)cc3)c2c1.[Na+]. The second kappa shape index (κ2) is 8.18. The van der Waals surface area contributed by atoms with Crippen molar-refractivity contribution in [3.8, 4) is 5.75 Å². The molecule has 0 spiro atoms. The Hall–Kier alpha value is -1.98. The first-order chi connectivity index (χ1) is 12.6. The van der Waals surface area contributed by atoms with Crippen molar-refractivity contribution in [3.05, 3.63) is 60.2 Å². The van der Waals surface area contributed by atoms with Gasteiger partial charge in [-0.2, -0.15) is 31.8 Å². The topological polar surface area (TPSA) is 102 Å². The number of benzene rings is 3. The first kappa shape index (κ1) is 22.3. The number of azo groups is 1. The van der Waals surface area contributed by atoms with Gasteiger partial charge in [0.15, 0.2) is 0 Å². The normalized spacial score (nSPS) is 12.3. The fourth-order valence-electron chi connectivity index (χ4n) is 2.35. The Morgan fingerprint density at radius 3 is 2.11 bits per heavy atom. The zero-order valence-corrected chi connectivity index (χ0v) is 17.1. The molecule has 0 atom stereocenters. The van der Waals surface area contributed by atoms with E-state index in [2.05, 4.69) is 10.2 Å². The van der Waals surface area contributed by atoms with Gasteiger partial charge in [-0.25, -0.2) is 0 Å². The third-order valence-corrected chi connectivity index (χ3v) is 4.54. The molecule has 3 aromatic rings. The van der Waals surface area contributed by atoms with Crippen LogP contribution in [-0.2, 0) is 16.3 Å². The molecule has 0 fully saturated rings. The molecule has 0 bridgehead atoms. The molecule has 0 aromatic heterocycles. The quantitative estimate of drug-likeness (QED) is 0.397. The van der Waals surface area contributed by atoms with Gasteiger partial charge in [-0.3, -0.25) is 4.55 Å². The van der Waals surface area contributed by atoms with E-state index in [1.54, 1.807) is 0 Å². The standard InChI is InChI=1S/C17H11F3N2O4S.Na/c18-17(19,20)11-3-5-12(6-4-11)21-22-16-14-9-13(27(24,25)26)7-1-10(14)2-8-15(16)23;/h1-9,23H,(H,24,25,26);/q;+1/p-1. The number of fused-ring (bicyclic) bond motifs is 1. The van der Waals surface area contributed by atoms with Crippen LogP contribution in [0.25, 0.3) is 10.8 Å². The van der Waals surface area contributed by atoms with Crippen LogP contribution in [0.1, 0.15) is 5.56 Å². The van der Waals surface area contributed by atoms with E-state index in [-0.39, 0.29) is 46.3 Å². The molecule has 0 aliphatic heterocycles. The van der Waals surface area contributed by atoms with E-state index in [0.29, 0.717) is 5.39 Å². The van der Waals surface area contributed by atoms with E-state index >= 15 is 0 Å². The van der Waals surface area contributed by atoms with Crippen molar-refractivity contribution in [2.45, 2.75) is 11.1 Å². The van der Waals surface area contributed by atoms with Crippen LogP contribution in [0.2, 0.25) is 0 Å². The summed E-state index contributed by atoms with van der Waals surface area (Å²) in [7, 11) is -4.49. The Bertz CT molecular complexity index is 1150. The van der Waals surface area contributed by atoms with Gasteiger partial charge >= 0.3 is 35.7 Å². The second-order valence-electron chi connectivity index (χ2n) is 5.51. The number of halogens is 3. The maximum atomic E-state index is 12.6. The molecule has 0 heterocycles. The van der Waals surface area contributed by atoms with E-state index < -0.39 is 32.5 Å². The van der Waals surface area contributed by atoms with E-state index in [1.807, 2.05) is 0 Å². The maximum absolute atomic E-state index is 12.6.